The molecule has 2 atom stereocenters. The molecule has 7 nitrogen and oxygen atoms in total. The minimum atomic E-state index is -0.537. The van der Waals surface area contributed by atoms with Gasteiger partial charge < -0.3 is 15.4 Å². The molecule has 132 valence electrons. The number of benzene rings is 2. The van der Waals surface area contributed by atoms with E-state index in [4.69, 9.17) is 16.3 Å². The van der Waals surface area contributed by atoms with Gasteiger partial charge in [-0.25, -0.2) is 10.9 Å². The van der Waals surface area contributed by atoms with Crippen LogP contribution in [0.1, 0.15) is 6.92 Å². The zero-order valence-corrected chi connectivity index (χ0v) is 14.4. The number of hydrogen-bond acceptors (Lipinski definition) is 6. The highest BCUT2D eigenvalue weighted by atomic mass is 35.5. The van der Waals surface area contributed by atoms with Crippen molar-refractivity contribution in [1.82, 2.24) is 16.4 Å². The Kier molecular flexibility index (Phi) is 5.72. The Hall–Kier alpha value is -2.32. The first kappa shape index (κ1) is 17.5. The van der Waals surface area contributed by atoms with E-state index in [1.54, 1.807) is 18.2 Å². The molecule has 5 N–H and O–H groups in total. The molecule has 2 unspecified atom stereocenters. The van der Waals surface area contributed by atoms with Crippen molar-refractivity contribution in [2.24, 2.45) is 0 Å². The highest BCUT2D eigenvalue weighted by molar-refractivity contribution is 6.30. The molecular formula is C17H20ClN5O2. The number of halogens is 1. The standard InChI is InChI=1S/C17H20ClN5O2/c1-2-25-14-6-4-3-5-13(14)20-17(24)15-16(22-23-21-15)19-12-9-7-11(18)8-10-12/h3-10,15-16,19,21-23H,2H2,1H3,(H,20,24). The molecule has 2 aromatic carbocycles. The van der Waals surface area contributed by atoms with Gasteiger partial charge in [0.1, 0.15) is 18.0 Å². The number of hydrazine groups is 2. The predicted octanol–water partition coefficient (Wildman–Crippen LogP) is 2.10. The summed E-state index contributed by atoms with van der Waals surface area (Å²) in [6.07, 6.45) is -0.347. The first-order valence-corrected chi connectivity index (χ1v) is 8.36. The maximum Gasteiger partial charge on any atom is 0.246 e. The second kappa shape index (κ2) is 8.17. The monoisotopic (exact) mass is 361 g/mol. The van der Waals surface area contributed by atoms with Gasteiger partial charge in [-0.15, -0.1) is 0 Å². The fraction of sp³-hybridized carbons (Fsp3) is 0.235. The molecule has 1 aliphatic rings. The molecular weight excluding hydrogens is 342 g/mol. The molecule has 1 fully saturated rings. The van der Waals surface area contributed by atoms with Crippen molar-refractivity contribution in [1.29, 1.82) is 0 Å². The van der Waals surface area contributed by atoms with Crippen LogP contribution in [0, 0.1) is 0 Å². The van der Waals surface area contributed by atoms with Crippen LogP contribution in [0.4, 0.5) is 11.4 Å². The summed E-state index contributed by atoms with van der Waals surface area (Å²) in [7, 11) is 0. The molecule has 1 saturated heterocycles. The van der Waals surface area contributed by atoms with Gasteiger partial charge >= 0.3 is 0 Å². The van der Waals surface area contributed by atoms with Gasteiger partial charge in [0.05, 0.1) is 12.3 Å². The van der Waals surface area contributed by atoms with Gasteiger partial charge in [-0.2, -0.15) is 5.53 Å². The molecule has 0 radical (unpaired) electrons. The number of amides is 1. The van der Waals surface area contributed by atoms with Crippen LogP contribution < -0.4 is 31.8 Å². The van der Waals surface area contributed by atoms with Crippen LogP contribution in [0.15, 0.2) is 48.5 Å². The molecule has 0 spiro atoms. The van der Waals surface area contributed by atoms with Gasteiger partial charge in [-0.3, -0.25) is 4.79 Å². The van der Waals surface area contributed by atoms with Gasteiger partial charge in [0.25, 0.3) is 0 Å². The van der Waals surface area contributed by atoms with Gasteiger partial charge in [0.15, 0.2) is 0 Å². The molecule has 2 aromatic rings. The number of rotatable bonds is 6. The minimum Gasteiger partial charge on any atom is -0.492 e. The third kappa shape index (κ3) is 4.40. The van der Waals surface area contributed by atoms with E-state index in [9.17, 15) is 4.79 Å². The fourth-order valence-corrected chi connectivity index (χ4v) is 2.61. The lowest BCUT2D eigenvalue weighted by atomic mass is 10.2. The van der Waals surface area contributed by atoms with Gasteiger partial charge in [0, 0.05) is 10.7 Å². The van der Waals surface area contributed by atoms with Gasteiger partial charge in [-0.05, 0) is 43.3 Å². The molecule has 8 heteroatoms. The van der Waals surface area contributed by atoms with E-state index < -0.39 is 6.04 Å². The van der Waals surface area contributed by atoms with Crippen LogP contribution >= 0.6 is 11.6 Å². The third-order valence-electron chi connectivity index (χ3n) is 3.68. The number of ether oxygens (including phenoxy) is 1. The lowest BCUT2D eigenvalue weighted by molar-refractivity contribution is -0.118. The number of nitrogens with one attached hydrogen (secondary N) is 5. The quantitative estimate of drug-likeness (QED) is 0.541. The smallest absolute Gasteiger partial charge is 0.246 e. The topological polar surface area (TPSA) is 86.5 Å². The maximum absolute atomic E-state index is 12.7. The van der Waals surface area contributed by atoms with E-state index in [1.807, 2.05) is 37.3 Å². The zero-order valence-electron chi connectivity index (χ0n) is 13.7. The second-order valence-corrected chi connectivity index (χ2v) is 5.88. The normalized spacial score (nSPS) is 19.4. The van der Waals surface area contributed by atoms with E-state index in [0.717, 1.165) is 5.69 Å². The number of anilines is 2. The Balaban J connectivity index is 1.67. The summed E-state index contributed by atoms with van der Waals surface area (Å²) in [4.78, 5) is 12.7. The van der Waals surface area contributed by atoms with Crippen molar-refractivity contribution in [3.63, 3.8) is 0 Å². The van der Waals surface area contributed by atoms with Crippen molar-refractivity contribution in [2.75, 3.05) is 17.2 Å². The van der Waals surface area contributed by atoms with Crippen molar-refractivity contribution in [3.05, 3.63) is 53.6 Å². The summed E-state index contributed by atoms with van der Waals surface area (Å²) < 4.78 is 5.54. The van der Waals surface area contributed by atoms with Crippen LogP contribution in [0.25, 0.3) is 0 Å². The van der Waals surface area contributed by atoms with E-state index in [2.05, 4.69) is 27.0 Å². The summed E-state index contributed by atoms with van der Waals surface area (Å²) >= 11 is 5.89. The summed E-state index contributed by atoms with van der Waals surface area (Å²) in [5, 5.41) is 6.79. The Morgan fingerprint density at radius 2 is 1.92 bits per heavy atom. The van der Waals surface area contributed by atoms with Crippen LogP contribution in [0.2, 0.25) is 5.02 Å². The lowest BCUT2D eigenvalue weighted by Crippen LogP contribution is -2.47. The van der Waals surface area contributed by atoms with Crippen molar-refractivity contribution < 1.29 is 9.53 Å². The molecule has 1 amide bonds. The SMILES string of the molecule is CCOc1ccccc1NC(=O)C1NNNC1Nc1ccc(Cl)cc1. The van der Waals surface area contributed by atoms with Crippen molar-refractivity contribution >= 4 is 28.9 Å². The second-order valence-electron chi connectivity index (χ2n) is 5.44. The summed E-state index contributed by atoms with van der Waals surface area (Å²) in [6, 6.07) is 14.1. The maximum atomic E-state index is 12.7. The van der Waals surface area contributed by atoms with Gasteiger partial charge in [-0.1, -0.05) is 23.7 Å². The number of carbonyl (C=O) groups is 1. The number of para-hydroxylation sites is 2. The average molecular weight is 362 g/mol. The molecule has 0 saturated carbocycles. The Morgan fingerprint density at radius 1 is 1.16 bits per heavy atom. The third-order valence-corrected chi connectivity index (χ3v) is 3.93. The zero-order chi connectivity index (χ0) is 17.6. The number of carbonyl (C=O) groups excluding carboxylic acids is 1. The molecule has 25 heavy (non-hydrogen) atoms. The van der Waals surface area contributed by atoms with Crippen LogP contribution in [0.3, 0.4) is 0 Å². The molecule has 3 rings (SSSR count). The Morgan fingerprint density at radius 3 is 2.68 bits per heavy atom. The average Bonchev–Trinajstić information content (AvgIpc) is 3.07. The van der Waals surface area contributed by atoms with E-state index in [1.165, 1.54) is 0 Å². The van der Waals surface area contributed by atoms with Crippen LogP contribution in [0.5, 0.6) is 5.75 Å². The van der Waals surface area contributed by atoms with E-state index in [0.29, 0.717) is 23.1 Å². The molecule has 0 aliphatic carbocycles. The minimum absolute atomic E-state index is 0.198. The van der Waals surface area contributed by atoms with E-state index in [-0.39, 0.29) is 12.1 Å². The fourth-order valence-electron chi connectivity index (χ4n) is 2.49. The van der Waals surface area contributed by atoms with E-state index >= 15 is 0 Å². The summed E-state index contributed by atoms with van der Waals surface area (Å²) in [5.74, 6) is 0.440. The highest BCUT2D eigenvalue weighted by Crippen LogP contribution is 2.24. The predicted molar refractivity (Wildman–Crippen MR) is 98.3 cm³/mol. The highest BCUT2D eigenvalue weighted by Gasteiger charge is 2.33. The summed E-state index contributed by atoms with van der Waals surface area (Å²) in [5.41, 5.74) is 10.1. The Bertz CT molecular complexity index is 725. The molecule has 0 bridgehead atoms. The van der Waals surface area contributed by atoms with Crippen LogP contribution in [-0.2, 0) is 4.79 Å². The first-order chi connectivity index (χ1) is 12.2. The summed E-state index contributed by atoms with van der Waals surface area (Å²) in [6.45, 7) is 2.43. The Labute approximate surface area is 151 Å². The van der Waals surface area contributed by atoms with Gasteiger partial charge in [0.2, 0.25) is 5.91 Å². The van der Waals surface area contributed by atoms with Crippen molar-refractivity contribution in [2.45, 2.75) is 19.1 Å². The lowest BCUT2D eigenvalue weighted by Gasteiger charge is -2.20. The molecule has 1 aliphatic heterocycles. The molecule has 1 heterocycles. The molecule has 0 aromatic heterocycles. The van der Waals surface area contributed by atoms with Crippen LogP contribution in [-0.4, -0.2) is 24.7 Å². The number of hydrogen-bond donors (Lipinski definition) is 5. The largest absolute Gasteiger partial charge is 0.492 e. The first-order valence-electron chi connectivity index (χ1n) is 7.98. The van der Waals surface area contributed by atoms with Crippen molar-refractivity contribution in [3.8, 4) is 5.75 Å².